The zero-order valence-electron chi connectivity index (χ0n) is 25.8. The van der Waals surface area contributed by atoms with Gasteiger partial charge in [-0.25, -0.2) is 0 Å². The molecule has 41 heavy (non-hydrogen) atoms. The van der Waals surface area contributed by atoms with Crippen LogP contribution in [0.4, 0.5) is 0 Å². The van der Waals surface area contributed by atoms with Crippen molar-refractivity contribution < 1.29 is 19.2 Å². The molecule has 222 valence electrons. The quantitative estimate of drug-likeness (QED) is 0.402. The number of nitrogens with zero attached hydrogens (tertiary/aromatic N) is 3. The van der Waals surface area contributed by atoms with Crippen LogP contribution in [0, 0.1) is 16.7 Å². The summed E-state index contributed by atoms with van der Waals surface area (Å²) < 4.78 is 1.74. The SMILES string of the molecule is CCC(=O)[C@@H]1C[C@]23CCC(=O)C(C)(C)CCCCCc4cc(CC(C)C)cc5c(C(C)=O)nn(c45)CC(=O)N1[C@@H]2C3. The molecule has 0 radical (unpaired) electrons. The molecule has 1 aromatic heterocycles. The number of hydrogen-bond acceptors (Lipinski definition) is 5. The highest BCUT2D eigenvalue weighted by molar-refractivity contribution is 6.06. The summed E-state index contributed by atoms with van der Waals surface area (Å²) in [5.41, 5.74) is 3.08. The van der Waals surface area contributed by atoms with E-state index < -0.39 is 6.04 Å². The summed E-state index contributed by atoms with van der Waals surface area (Å²) in [5.74, 6) is 0.622. The lowest BCUT2D eigenvalue weighted by Crippen LogP contribution is -2.44. The van der Waals surface area contributed by atoms with Gasteiger partial charge in [-0.2, -0.15) is 5.10 Å². The van der Waals surface area contributed by atoms with Gasteiger partial charge in [-0.05, 0) is 73.5 Å². The number of ketones is 3. The molecule has 7 nitrogen and oxygen atoms in total. The van der Waals surface area contributed by atoms with E-state index in [0.29, 0.717) is 36.7 Å². The van der Waals surface area contributed by atoms with Crippen LogP contribution in [-0.4, -0.2) is 50.0 Å². The third kappa shape index (κ3) is 5.65. The molecule has 3 aliphatic rings. The second kappa shape index (κ2) is 11.1. The van der Waals surface area contributed by atoms with Gasteiger partial charge in [-0.1, -0.05) is 53.5 Å². The van der Waals surface area contributed by atoms with Crippen molar-refractivity contribution in [2.45, 2.75) is 131 Å². The van der Waals surface area contributed by atoms with Gasteiger partial charge < -0.3 is 4.90 Å². The Kier molecular flexibility index (Phi) is 8.03. The van der Waals surface area contributed by atoms with Gasteiger partial charge in [-0.15, -0.1) is 0 Å². The van der Waals surface area contributed by atoms with Crippen LogP contribution in [0.3, 0.4) is 0 Å². The number of piperidine rings is 1. The average molecular weight is 562 g/mol. The van der Waals surface area contributed by atoms with E-state index in [9.17, 15) is 19.2 Å². The van der Waals surface area contributed by atoms with Gasteiger partial charge in [0.25, 0.3) is 0 Å². The molecule has 2 aliphatic heterocycles. The minimum atomic E-state index is -0.445. The van der Waals surface area contributed by atoms with Crippen molar-refractivity contribution >= 4 is 34.2 Å². The first-order chi connectivity index (χ1) is 19.4. The second-order valence-corrected chi connectivity index (χ2v) is 14.1. The van der Waals surface area contributed by atoms with Crippen LogP contribution in [0.5, 0.6) is 0 Å². The lowest BCUT2D eigenvalue weighted by atomic mass is 9.79. The molecular weight excluding hydrogens is 514 g/mol. The molecule has 0 unspecified atom stereocenters. The molecule has 0 spiro atoms. The highest BCUT2D eigenvalue weighted by atomic mass is 16.2. The summed E-state index contributed by atoms with van der Waals surface area (Å²) in [4.78, 5) is 55.0. The van der Waals surface area contributed by atoms with E-state index in [1.165, 1.54) is 5.56 Å². The van der Waals surface area contributed by atoms with Gasteiger partial charge in [0, 0.05) is 36.6 Å². The molecule has 2 bridgehead atoms. The van der Waals surface area contributed by atoms with E-state index in [1.54, 1.807) is 11.6 Å². The lowest BCUT2D eigenvalue weighted by molar-refractivity contribution is -0.139. The Labute approximate surface area is 244 Å². The minimum Gasteiger partial charge on any atom is -0.327 e. The molecule has 5 rings (SSSR count). The van der Waals surface area contributed by atoms with Gasteiger partial charge in [0.1, 0.15) is 18.0 Å². The fourth-order valence-electron chi connectivity index (χ4n) is 7.60. The van der Waals surface area contributed by atoms with Crippen molar-refractivity contribution in [2.75, 3.05) is 0 Å². The standard InChI is InChI=1S/C34H47N3O4/c1-7-27(39)26-18-34-14-12-29(40)33(5,6)13-10-8-9-11-24-16-23(15-21(2)3)17-25-31(22(4)38)35-36(32(24)25)20-30(41)37(26)28(34)19-34/h16-17,21,26,28H,7-15,18-20H2,1-6H3/t26-,28+,34-/m0/s1. The molecule has 0 N–H and O–H groups in total. The molecule has 1 saturated heterocycles. The summed E-state index contributed by atoms with van der Waals surface area (Å²) in [6.07, 6.45) is 8.66. The van der Waals surface area contributed by atoms with E-state index in [1.807, 2.05) is 11.8 Å². The number of benzene rings is 1. The van der Waals surface area contributed by atoms with Gasteiger partial charge in [-0.3, -0.25) is 23.9 Å². The highest BCUT2D eigenvalue weighted by Gasteiger charge is 2.66. The van der Waals surface area contributed by atoms with E-state index in [0.717, 1.165) is 67.8 Å². The Hall–Kier alpha value is -2.83. The third-order valence-electron chi connectivity index (χ3n) is 10.0. The zero-order chi connectivity index (χ0) is 29.7. The molecule has 3 atom stereocenters. The maximum atomic E-state index is 14.1. The number of Topliss-reactive ketones (excluding diaryl/α,β-unsaturated/α-hetero) is 3. The number of aromatic nitrogens is 2. The fourth-order valence-corrected chi connectivity index (χ4v) is 7.60. The summed E-state index contributed by atoms with van der Waals surface area (Å²) in [6.45, 7) is 11.9. The number of amides is 1. The highest BCUT2D eigenvalue weighted by Crippen LogP contribution is 2.62. The molecular formula is C34H47N3O4. The van der Waals surface area contributed by atoms with Crippen molar-refractivity contribution in [3.8, 4) is 0 Å². The smallest absolute Gasteiger partial charge is 0.245 e. The van der Waals surface area contributed by atoms with Crippen LogP contribution in [0.15, 0.2) is 12.1 Å². The second-order valence-electron chi connectivity index (χ2n) is 14.1. The molecule has 3 heterocycles. The molecule has 1 aliphatic carbocycles. The number of hydrogen-bond donors (Lipinski definition) is 0. The Bertz CT molecular complexity index is 1390. The Balaban J connectivity index is 1.59. The first-order valence-electron chi connectivity index (χ1n) is 15.8. The van der Waals surface area contributed by atoms with Gasteiger partial charge in [0.2, 0.25) is 5.91 Å². The van der Waals surface area contributed by atoms with E-state index >= 15 is 0 Å². The summed E-state index contributed by atoms with van der Waals surface area (Å²) in [7, 11) is 0. The predicted molar refractivity (Wildman–Crippen MR) is 160 cm³/mol. The molecule has 1 saturated carbocycles. The number of aryl methyl sites for hydroxylation is 1. The van der Waals surface area contributed by atoms with E-state index in [2.05, 4.69) is 39.8 Å². The van der Waals surface area contributed by atoms with E-state index in [-0.39, 0.29) is 40.9 Å². The van der Waals surface area contributed by atoms with Crippen LogP contribution in [0.1, 0.15) is 121 Å². The third-order valence-corrected chi connectivity index (χ3v) is 10.0. The van der Waals surface area contributed by atoms with Crippen LogP contribution < -0.4 is 0 Å². The predicted octanol–water partition coefficient (Wildman–Crippen LogP) is 6.27. The first kappa shape index (κ1) is 29.7. The van der Waals surface area contributed by atoms with Crippen molar-refractivity contribution in [1.82, 2.24) is 14.7 Å². The summed E-state index contributed by atoms with van der Waals surface area (Å²) in [6, 6.07) is 3.88. The van der Waals surface area contributed by atoms with Crippen LogP contribution >= 0.6 is 0 Å². The van der Waals surface area contributed by atoms with Crippen molar-refractivity contribution in [3.05, 3.63) is 29.0 Å². The molecule has 1 amide bonds. The van der Waals surface area contributed by atoms with Crippen LogP contribution in [0.2, 0.25) is 0 Å². The van der Waals surface area contributed by atoms with Crippen LogP contribution in [0.25, 0.3) is 10.9 Å². The summed E-state index contributed by atoms with van der Waals surface area (Å²) >= 11 is 0. The monoisotopic (exact) mass is 561 g/mol. The van der Waals surface area contributed by atoms with Gasteiger partial charge >= 0.3 is 0 Å². The molecule has 7 heteroatoms. The fraction of sp³-hybridized carbons (Fsp3) is 0.676. The Morgan fingerprint density at radius 1 is 1.05 bits per heavy atom. The maximum absolute atomic E-state index is 14.1. The summed E-state index contributed by atoms with van der Waals surface area (Å²) in [5, 5.41) is 5.56. The minimum absolute atomic E-state index is 0.00619. The molecule has 1 aromatic carbocycles. The van der Waals surface area contributed by atoms with Gasteiger partial charge in [0.15, 0.2) is 11.6 Å². The first-order valence-corrected chi connectivity index (χ1v) is 15.8. The number of rotatable bonds is 5. The normalized spacial score (nSPS) is 26.8. The lowest BCUT2D eigenvalue weighted by Gasteiger charge is -2.27. The zero-order valence-corrected chi connectivity index (χ0v) is 25.8. The number of carbonyl (C=O) groups is 4. The van der Waals surface area contributed by atoms with Crippen LogP contribution in [-0.2, 0) is 33.8 Å². The molecule has 2 fully saturated rings. The number of carbonyl (C=O) groups excluding carboxylic acids is 4. The average Bonchev–Trinajstić information content (AvgIpc) is 3.31. The van der Waals surface area contributed by atoms with Crippen molar-refractivity contribution in [3.63, 3.8) is 0 Å². The Morgan fingerprint density at radius 3 is 2.49 bits per heavy atom. The van der Waals surface area contributed by atoms with Gasteiger partial charge in [0.05, 0.1) is 11.6 Å². The van der Waals surface area contributed by atoms with Crippen molar-refractivity contribution in [1.29, 1.82) is 0 Å². The Morgan fingerprint density at radius 2 is 1.80 bits per heavy atom. The largest absolute Gasteiger partial charge is 0.327 e. The van der Waals surface area contributed by atoms with E-state index in [4.69, 9.17) is 5.10 Å². The van der Waals surface area contributed by atoms with Crippen molar-refractivity contribution in [2.24, 2.45) is 16.7 Å². The topological polar surface area (TPSA) is 89.3 Å². The molecule has 2 aromatic rings. The maximum Gasteiger partial charge on any atom is 0.245 e.